The lowest BCUT2D eigenvalue weighted by molar-refractivity contribution is 0.822. The van der Waals surface area contributed by atoms with Crippen LogP contribution in [-0.2, 0) is 13.0 Å². The van der Waals surface area contributed by atoms with Crippen LogP contribution in [-0.4, -0.2) is 17.6 Å². The third-order valence-electron chi connectivity index (χ3n) is 4.50. The minimum atomic E-state index is 0.870. The number of dihydropyridines is 1. The van der Waals surface area contributed by atoms with E-state index < -0.39 is 0 Å². The van der Waals surface area contributed by atoms with Crippen molar-refractivity contribution in [2.45, 2.75) is 13.0 Å². The fraction of sp³-hybridized carbons (Fsp3) is 0.182. The lowest BCUT2D eigenvalue weighted by Crippen LogP contribution is -2.08. The van der Waals surface area contributed by atoms with Crippen molar-refractivity contribution in [3.63, 3.8) is 0 Å². The van der Waals surface area contributed by atoms with Crippen molar-refractivity contribution in [3.05, 3.63) is 94.7 Å². The Balaban J connectivity index is 1.70. The van der Waals surface area contributed by atoms with Gasteiger partial charge in [0.15, 0.2) is 0 Å². The van der Waals surface area contributed by atoms with Gasteiger partial charge in [0.1, 0.15) is 0 Å². The zero-order valence-electron chi connectivity index (χ0n) is 14.9. The third-order valence-corrected chi connectivity index (χ3v) is 5.47. The quantitative estimate of drug-likeness (QED) is 0.680. The summed E-state index contributed by atoms with van der Waals surface area (Å²) < 4.78 is 2.29. The maximum absolute atomic E-state index is 3.28. The minimum Gasteiger partial charge on any atom is -0.386 e. The molecule has 1 aromatic heterocycles. The molecular formula is C22H23N3S. The van der Waals surface area contributed by atoms with E-state index in [1.165, 1.54) is 32.5 Å². The largest absolute Gasteiger partial charge is 0.386 e. The Morgan fingerprint density at radius 2 is 2.00 bits per heavy atom. The molecule has 1 aliphatic heterocycles. The highest BCUT2D eigenvalue weighted by Gasteiger charge is 2.11. The van der Waals surface area contributed by atoms with E-state index in [-0.39, 0.29) is 0 Å². The molecular weight excluding hydrogens is 338 g/mol. The van der Waals surface area contributed by atoms with Crippen LogP contribution < -0.4 is 10.6 Å². The van der Waals surface area contributed by atoms with Crippen molar-refractivity contribution in [2.75, 3.05) is 13.6 Å². The van der Waals surface area contributed by atoms with Gasteiger partial charge in [-0.3, -0.25) is 3.97 Å². The van der Waals surface area contributed by atoms with Crippen molar-refractivity contribution in [1.29, 1.82) is 0 Å². The first-order valence-electron chi connectivity index (χ1n) is 8.93. The summed E-state index contributed by atoms with van der Waals surface area (Å²) in [6.07, 6.45) is 9.63. The predicted octanol–water partition coefficient (Wildman–Crippen LogP) is 4.45. The lowest BCUT2D eigenvalue weighted by Gasteiger charge is -2.10. The van der Waals surface area contributed by atoms with Crippen LogP contribution in [0.4, 0.5) is 0 Å². The van der Waals surface area contributed by atoms with E-state index in [0.717, 1.165) is 19.5 Å². The molecule has 0 bridgehead atoms. The molecule has 132 valence electrons. The number of fused-ring (bicyclic) bond motifs is 1. The second kappa shape index (κ2) is 7.85. The Morgan fingerprint density at radius 1 is 1.12 bits per heavy atom. The highest BCUT2D eigenvalue weighted by atomic mass is 32.2. The molecule has 4 heteroatoms. The van der Waals surface area contributed by atoms with Crippen LogP contribution in [0.1, 0.15) is 16.7 Å². The molecule has 0 radical (unpaired) electrons. The van der Waals surface area contributed by atoms with Crippen LogP contribution in [0.3, 0.4) is 0 Å². The molecule has 0 saturated carbocycles. The van der Waals surface area contributed by atoms with Crippen LogP contribution in [0.2, 0.25) is 0 Å². The molecule has 0 fully saturated rings. The number of rotatable bonds is 6. The molecule has 2 aromatic carbocycles. The molecule has 2 heterocycles. The number of hydrogen-bond acceptors (Lipinski definition) is 3. The number of allylic oxidation sites excluding steroid dienone is 1. The Bertz CT molecular complexity index is 954. The van der Waals surface area contributed by atoms with E-state index in [4.69, 9.17) is 0 Å². The Morgan fingerprint density at radius 3 is 2.77 bits per heavy atom. The van der Waals surface area contributed by atoms with E-state index in [9.17, 15) is 0 Å². The molecule has 0 spiro atoms. The smallest absolute Gasteiger partial charge is 0.0600 e. The van der Waals surface area contributed by atoms with Gasteiger partial charge in [0.2, 0.25) is 0 Å². The minimum absolute atomic E-state index is 0.870. The molecule has 2 N–H and O–H groups in total. The van der Waals surface area contributed by atoms with Gasteiger partial charge in [-0.05, 0) is 54.2 Å². The van der Waals surface area contributed by atoms with Crippen LogP contribution in [0.15, 0.2) is 78.0 Å². The SMILES string of the molecule is CNCc1cn(SC2=CNCC=C2)c2cc(Cc3ccccc3)ccc12. The fourth-order valence-corrected chi connectivity index (χ4v) is 4.23. The van der Waals surface area contributed by atoms with Crippen LogP contribution in [0, 0.1) is 0 Å². The van der Waals surface area contributed by atoms with Crippen molar-refractivity contribution in [3.8, 4) is 0 Å². The zero-order valence-corrected chi connectivity index (χ0v) is 15.7. The van der Waals surface area contributed by atoms with Gasteiger partial charge in [0, 0.05) is 35.8 Å². The average Bonchev–Trinajstić information content (AvgIpc) is 3.01. The summed E-state index contributed by atoms with van der Waals surface area (Å²) in [7, 11) is 2.00. The summed E-state index contributed by atoms with van der Waals surface area (Å²) in [5.74, 6) is 0. The monoisotopic (exact) mass is 361 g/mol. The van der Waals surface area contributed by atoms with Gasteiger partial charge < -0.3 is 10.6 Å². The summed E-state index contributed by atoms with van der Waals surface area (Å²) in [6.45, 7) is 1.78. The Kier molecular flexibility index (Phi) is 5.14. The van der Waals surface area contributed by atoms with Crippen LogP contribution in [0.5, 0.6) is 0 Å². The standard InChI is InChI=1S/C22H23N3S/c1-23-14-19-16-25(26-20-8-5-11-24-15-20)22-13-18(9-10-21(19)22)12-17-6-3-2-4-7-17/h2-10,13,15-16,23-24H,11-12,14H2,1H3. The van der Waals surface area contributed by atoms with Crippen molar-refractivity contribution in [2.24, 2.45) is 0 Å². The molecule has 3 nitrogen and oxygen atoms in total. The van der Waals surface area contributed by atoms with Gasteiger partial charge in [-0.25, -0.2) is 0 Å². The van der Waals surface area contributed by atoms with Gasteiger partial charge >= 0.3 is 0 Å². The summed E-state index contributed by atoms with van der Waals surface area (Å²) in [5.41, 5.74) is 5.28. The van der Waals surface area contributed by atoms with Crippen molar-refractivity contribution in [1.82, 2.24) is 14.6 Å². The van der Waals surface area contributed by atoms with Crippen LogP contribution in [0.25, 0.3) is 10.9 Å². The average molecular weight is 362 g/mol. The lowest BCUT2D eigenvalue weighted by atomic mass is 10.0. The van der Waals surface area contributed by atoms with Gasteiger partial charge in [-0.1, -0.05) is 48.5 Å². The topological polar surface area (TPSA) is 29.0 Å². The molecule has 0 unspecified atom stereocenters. The highest BCUT2D eigenvalue weighted by Crippen LogP contribution is 2.31. The Labute approximate surface area is 158 Å². The fourth-order valence-electron chi connectivity index (χ4n) is 3.28. The molecule has 1 aliphatic rings. The number of nitrogens with one attached hydrogen (secondary N) is 2. The van der Waals surface area contributed by atoms with Crippen molar-refractivity contribution >= 4 is 22.9 Å². The summed E-state index contributed by atoms with van der Waals surface area (Å²) in [5, 5.41) is 7.88. The van der Waals surface area contributed by atoms with Gasteiger partial charge in [-0.15, -0.1) is 0 Å². The maximum Gasteiger partial charge on any atom is 0.0600 e. The maximum atomic E-state index is 3.28. The first-order chi connectivity index (χ1) is 12.8. The summed E-state index contributed by atoms with van der Waals surface area (Å²) in [4.78, 5) is 1.22. The Hall–Kier alpha value is -2.43. The van der Waals surface area contributed by atoms with Crippen LogP contribution >= 0.6 is 11.9 Å². The summed E-state index contributed by atoms with van der Waals surface area (Å²) >= 11 is 1.76. The molecule has 0 amide bonds. The van der Waals surface area contributed by atoms with E-state index >= 15 is 0 Å². The highest BCUT2D eigenvalue weighted by molar-refractivity contribution is 8.02. The van der Waals surface area contributed by atoms with Crippen molar-refractivity contribution < 1.29 is 0 Å². The molecule has 0 aliphatic carbocycles. The first-order valence-corrected chi connectivity index (χ1v) is 9.70. The van der Waals surface area contributed by atoms with E-state index in [1.807, 2.05) is 7.05 Å². The normalized spacial score (nSPS) is 13.7. The second-order valence-electron chi connectivity index (χ2n) is 6.47. The second-order valence-corrected chi connectivity index (χ2v) is 7.52. The van der Waals surface area contributed by atoms with E-state index in [1.54, 1.807) is 11.9 Å². The van der Waals surface area contributed by atoms with Gasteiger partial charge in [0.05, 0.1) is 5.52 Å². The third kappa shape index (κ3) is 3.71. The number of hydrogen-bond donors (Lipinski definition) is 2. The van der Waals surface area contributed by atoms with Gasteiger partial charge in [-0.2, -0.15) is 0 Å². The molecule has 3 aromatic rings. The predicted molar refractivity (Wildman–Crippen MR) is 112 cm³/mol. The number of aromatic nitrogens is 1. The zero-order chi connectivity index (χ0) is 17.8. The molecule has 0 atom stereocenters. The van der Waals surface area contributed by atoms with Gasteiger partial charge in [0.25, 0.3) is 0 Å². The molecule has 0 saturated heterocycles. The number of nitrogens with zero attached hydrogens (tertiary/aromatic N) is 1. The summed E-state index contributed by atoms with van der Waals surface area (Å²) in [6, 6.07) is 17.5. The van der Waals surface area contributed by atoms with E-state index in [0.29, 0.717) is 0 Å². The molecule has 4 rings (SSSR count). The van der Waals surface area contributed by atoms with E-state index in [2.05, 4.69) is 87.7 Å². The number of benzene rings is 2. The first kappa shape index (κ1) is 17.0. The molecule has 26 heavy (non-hydrogen) atoms.